The molecule has 0 radical (unpaired) electrons. The number of aromatic amines is 1. The lowest BCUT2D eigenvalue weighted by Gasteiger charge is -2.27. The van der Waals surface area contributed by atoms with E-state index in [4.69, 9.17) is 14.2 Å². The predicted octanol–water partition coefficient (Wildman–Crippen LogP) is 5.31. The van der Waals surface area contributed by atoms with E-state index in [0.29, 0.717) is 50.9 Å². The zero-order valence-electron chi connectivity index (χ0n) is 21.8. The minimum atomic E-state index is -0.620. The van der Waals surface area contributed by atoms with E-state index in [0.717, 1.165) is 11.1 Å². The molecule has 1 atom stereocenters. The Kier molecular flexibility index (Phi) is 6.44. The molecule has 0 fully saturated rings. The van der Waals surface area contributed by atoms with Gasteiger partial charge in [-0.1, -0.05) is 18.2 Å². The van der Waals surface area contributed by atoms with E-state index in [1.807, 2.05) is 26.0 Å². The molecule has 9 heteroatoms. The van der Waals surface area contributed by atoms with Crippen molar-refractivity contribution < 1.29 is 28.5 Å². The number of H-pyrrole nitrogens is 1. The Bertz CT molecular complexity index is 1510. The zero-order valence-corrected chi connectivity index (χ0v) is 21.8. The number of phenolic OH excluding ortho intramolecular Hbond substituents is 1. The van der Waals surface area contributed by atoms with E-state index in [1.165, 1.54) is 33.5 Å². The highest BCUT2D eigenvalue weighted by atomic mass is 19.1. The van der Waals surface area contributed by atoms with Gasteiger partial charge in [-0.2, -0.15) is 5.10 Å². The van der Waals surface area contributed by atoms with Crippen molar-refractivity contribution in [1.82, 2.24) is 15.1 Å². The second kappa shape index (κ2) is 9.74. The van der Waals surface area contributed by atoms with Gasteiger partial charge < -0.3 is 24.2 Å². The highest BCUT2D eigenvalue weighted by Crippen LogP contribution is 2.49. The average Bonchev–Trinajstić information content (AvgIpc) is 3.45. The molecule has 1 unspecified atom stereocenters. The Morgan fingerprint density at radius 2 is 1.66 bits per heavy atom. The minimum absolute atomic E-state index is 0.0953. The van der Waals surface area contributed by atoms with Gasteiger partial charge in [-0.05, 0) is 66.4 Å². The Morgan fingerprint density at radius 1 is 1.00 bits per heavy atom. The smallest absolute Gasteiger partial charge is 0.273 e. The van der Waals surface area contributed by atoms with Crippen molar-refractivity contribution in [1.29, 1.82) is 0 Å². The topological polar surface area (TPSA) is 96.9 Å². The number of aromatic nitrogens is 2. The summed E-state index contributed by atoms with van der Waals surface area (Å²) < 4.78 is 30.3. The summed E-state index contributed by atoms with van der Waals surface area (Å²) in [5.41, 5.74) is 5.03. The Labute approximate surface area is 219 Å². The lowest BCUT2D eigenvalue weighted by Crippen LogP contribution is -2.29. The van der Waals surface area contributed by atoms with Crippen LogP contribution in [0.3, 0.4) is 0 Å². The first-order valence-corrected chi connectivity index (χ1v) is 12.0. The number of amides is 1. The number of benzene rings is 3. The van der Waals surface area contributed by atoms with E-state index in [1.54, 1.807) is 29.2 Å². The van der Waals surface area contributed by atoms with Crippen molar-refractivity contribution in [2.75, 3.05) is 21.3 Å². The van der Waals surface area contributed by atoms with Crippen LogP contribution in [-0.2, 0) is 6.54 Å². The molecule has 2 heterocycles. The predicted molar refractivity (Wildman–Crippen MR) is 139 cm³/mol. The molecule has 0 spiro atoms. The van der Waals surface area contributed by atoms with Crippen molar-refractivity contribution in [3.05, 3.63) is 87.9 Å². The van der Waals surface area contributed by atoms with Crippen molar-refractivity contribution in [3.63, 3.8) is 0 Å². The molecule has 0 saturated heterocycles. The van der Waals surface area contributed by atoms with Gasteiger partial charge in [0.25, 0.3) is 5.91 Å². The van der Waals surface area contributed by atoms with E-state index in [9.17, 15) is 14.3 Å². The largest absolute Gasteiger partial charge is 0.507 e. The lowest BCUT2D eigenvalue weighted by atomic mass is 9.93. The molecule has 1 aliphatic rings. The third-order valence-electron chi connectivity index (χ3n) is 6.83. The molecule has 2 N–H and O–H groups in total. The van der Waals surface area contributed by atoms with Crippen molar-refractivity contribution in [3.8, 4) is 34.3 Å². The molecule has 1 amide bonds. The van der Waals surface area contributed by atoms with E-state index >= 15 is 0 Å². The fraction of sp³-hybridized carbons (Fsp3) is 0.241. The second-order valence-electron chi connectivity index (χ2n) is 9.26. The van der Waals surface area contributed by atoms with Crippen molar-refractivity contribution in [2.45, 2.75) is 26.4 Å². The normalized spacial score (nSPS) is 14.5. The summed E-state index contributed by atoms with van der Waals surface area (Å²) in [5, 5.41) is 18.3. The molecular formula is C29H28FN3O5. The summed E-state index contributed by atoms with van der Waals surface area (Å²) in [5.74, 6) is 0.758. The van der Waals surface area contributed by atoms with Crippen LogP contribution in [0.15, 0.2) is 48.5 Å². The maximum Gasteiger partial charge on any atom is 0.273 e. The number of halogens is 1. The number of carbonyl (C=O) groups excluding carboxylic acids is 1. The molecule has 0 aliphatic carbocycles. The summed E-state index contributed by atoms with van der Waals surface area (Å²) in [4.78, 5) is 15.5. The molecule has 5 rings (SSSR count). The van der Waals surface area contributed by atoms with Gasteiger partial charge >= 0.3 is 0 Å². The molecule has 1 aromatic heterocycles. The highest BCUT2D eigenvalue weighted by molar-refractivity contribution is 6.00. The van der Waals surface area contributed by atoms with Crippen LogP contribution in [0.1, 0.15) is 44.3 Å². The third-order valence-corrected chi connectivity index (χ3v) is 6.83. The molecular weight excluding hydrogens is 489 g/mol. The Morgan fingerprint density at radius 3 is 2.26 bits per heavy atom. The Hall–Kier alpha value is -4.53. The zero-order chi connectivity index (χ0) is 27.1. The summed E-state index contributed by atoms with van der Waals surface area (Å²) in [6.07, 6.45) is 0. The number of aryl methyl sites for hydroxylation is 2. The van der Waals surface area contributed by atoms with Gasteiger partial charge in [0.15, 0.2) is 11.5 Å². The number of hydrogen-bond donors (Lipinski definition) is 2. The summed E-state index contributed by atoms with van der Waals surface area (Å²) in [6, 6.07) is 12.7. The van der Waals surface area contributed by atoms with Crippen LogP contribution >= 0.6 is 0 Å². The third kappa shape index (κ3) is 4.09. The van der Waals surface area contributed by atoms with Crippen LogP contribution in [0.2, 0.25) is 0 Å². The number of hydrogen-bond acceptors (Lipinski definition) is 6. The van der Waals surface area contributed by atoms with Gasteiger partial charge in [0.05, 0.1) is 27.4 Å². The second-order valence-corrected chi connectivity index (χ2v) is 9.26. The SMILES string of the molecule is COc1cc(C2c3c(-c4cc(C)cc(C)c4O)n[nH]c3C(=O)N2Cc2ccc(F)cc2)cc(OC)c1OC. The number of phenols is 1. The summed E-state index contributed by atoms with van der Waals surface area (Å²) >= 11 is 0. The maximum absolute atomic E-state index is 13.8. The van der Waals surface area contributed by atoms with Crippen molar-refractivity contribution >= 4 is 5.91 Å². The fourth-order valence-electron chi connectivity index (χ4n) is 5.10. The van der Waals surface area contributed by atoms with E-state index in [2.05, 4.69) is 10.2 Å². The Balaban J connectivity index is 1.74. The molecule has 3 aromatic carbocycles. The van der Waals surface area contributed by atoms with E-state index < -0.39 is 6.04 Å². The summed E-state index contributed by atoms with van der Waals surface area (Å²) in [7, 11) is 4.58. The van der Waals surface area contributed by atoms with Gasteiger partial charge in [-0.15, -0.1) is 0 Å². The number of carbonyl (C=O) groups is 1. The van der Waals surface area contributed by atoms with Crippen LogP contribution in [0.25, 0.3) is 11.3 Å². The first-order chi connectivity index (χ1) is 18.3. The monoisotopic (exact) mass is 517 g/mol. The number of aromatic hydroxyl groups is 1. The fourth-order valence-corrected chi connectivity index (χ4v) is 5.10. The van der Waals surface area contributed by atoms with Crippen LogP contribution < -0.4 is 14.2 Å². The standard InChI is InChI=1S/C29H28FN3O5/c1-15-10-16(2)27(34)20(11-15)24-23-25(32-31-24)29(35)33(14-17-6-8-19(30)9-7-17)26(23)18-12-21(36-3)28(38-5)22(13-18)37-4/h6-13,26,34H,14H2,1-5H3,(H,31,32). The number of methoxy groups -OCH3 is 3. The van der Waals surface area contributed by atoms with Crippen LogP contribution in [0, 0.1) is 19.7 Å². The first-order valence-electron chi connectivity index (χ1n) is 12.0. The van der Waals surface area contributed by atoms with Crippen LogP contribution in [-0.4, -0.2) is 47.4 Å². The highest BCUT2D eigenvalue weighted by Gasteiger charge is 2.43. The number of nitrogens with one attached hydrogen (secondary N) is 1. The number of fused-ring (bicyclic) bond motifs is 1. The molecule has 4 aromatic rings. The average molecular weight is 518 g/mol. The molecule has 1 aliphatic heterocycles. The van der Waals surface area contributed by atoms with Gasteiger partial charge in [-0.25, -0.2) is 4.39 Å². The maximum atomic E-state index is 13.8. The molecule has 0 bridgehead atoms. The molecule has 8 nitrogen and oxygen atoms in total. The van der Waals surface area contributed by atoms with E-state index in [-0.39, 0.29) is 24.0 Å². The molecule has 38 heavy (non-hydrogen) atoms. The molecule has 196 valence electrons. The van der Waals surface area contributed by atoms with Crippen LogP contribution in [0.5, 0.6) is 23.0 Å². The lowest BCUT2D eigenvalue weighted by molar-refractivity contribution is 0.0729. The van der Waals surface area contributed by atoms with Gasteiger partial charge in [0.1, 0.15) is 23.0 Å². The van der Waals surface area contributed by atoms with Crippen LogP contribution in [0.4, 0.5) is 4.39 Å². The van der Waals surface area contributed by atoms with Gasteiger partial charge in [0.2, 0.25) is 5.75 Å². The molecule has 0 saturated carbocycles. The van der Waals surface area contributed by atoms with Gasteiger partial charge in [0, 0.05) is 17.7 Å². The number of ether oxygens (including phenoxy) is 3. The summed E-state index contributed by atoms with van der Waals surface area (Å²) in [6.45, 7) is 3.97. The first kappa shape index (κ1) is 25.1. The van der Waals surface area contributed by atoms with Gasteiger partial charge in [-0.3, -0.25) is 9.89 Å². The number of nitrogens with zero attached hydrogens (tertiary/aromatic N) is 2. The quantitative estimate of drug-likeness (QED) is 0.345. The minimum Gasteiger partial charge on any atom is -0.507 e. The number of rotatable bonds is 7. The van der Waals surface area contributed by atoms with Crippen molar-refractivity contribution in [2.24, 2.45) is 0 Å².